The molecule has 0 aliphatic heterocycles. The number of hydrogen-bond donors (Lipinski definition) is 0. The van der Waals surface area contributed by atoms with Gasteiger partial charge in [0.2, 0.25) is 0 Å². The number of carbonyl (C=O) groups excluding carboxylic acids is 1. The Labute approximate surface area is 204 Å². The Morgan fingerprint density at radius 2 is 1.85 bits per heavy atom. The van der Waals surface area contributed by atoms with Gasteiger partial charge in [0.05, 0.1) is 0 Å². The van der Waals surface area contributed by atoms with Gasteiger partial charge in [-0.15, -0.1) is 0 Å². The molecule has 0 amide bonds. The molecule has 3 saturated carbocycles. The summed E-state index contributed by atoms with van der Waals surface area (Å²) >= 11 is 0. The lowest BCUT2D eigenvalue weighted by atomic mass is 9.45. The summed E-state index contributed by atoms with van der Waals surface area (Å²) in [6, 6.07) is 0. The topological polar surface area (TPSA) is 26.3 Å². The van der Waals surface area contributed by atoms with Gasteiger partial charge in [-0.05, 0) is 110 Å². The summed E-state index contributed by atoms with van der Waals surface area (Å²) < 4.78 is 5.66. The normalized spacial score (nSPS) is 42.1. The SMILES string of the molecule is CCC(CC[C@H](C)C1CC=C2C3CCC4C[C@@H](OC(C)=O)CC[C@]4(C)C3CC[C@@]21C)C(C)C. The smallest absolute Gasteiger partial charge is 0.302 e. The first kappa shape index (κ1) is 25.3. The van der Waals surface area contributed by atoms with Crippen molar-refractivity contribution in [1.29, 1.82) is 0 Å². The van der Waals surface area contributed by atoms with E-state index in [0.717, 1.165) is 54.3 Å². The molecule has 4 aliphatic carbocycles. The lowest BCUT2D eigenvalue weighted by molar-refractivity contribution is -0.155. The van der Waals surface area contributed by atoms with E-state index in [1.54, 1.807) is 6.92 Å². The average molecular weight is 457 g/mol. The molecule has 2 nitrogen and oxygen atoms in total. The van der Waals surface area contributed by atoms with Crippen molar-refractivity contribution in [2.24, 2.45) is 52.3 Å². The predicted octanol–water partition coefficient (Wildman–Crippen LogP) is 8.60. The van der Waals surface area contributed by atoms with Crippen molar-refractivity contribution in [3.63, 3.8) is 0 Å². The van der Waals surface area contributed by atoms with Crippen molar-refractivity contribution in [1.82, 2.24) is 0 Å². The number of rotatable bonds is 7. The van der Waals surface area contributed by atoms with Gasteiger partial charge in [0.1, 0.15) is 6.10 Å². The van der Waals surface area contributed by atoms with Gasteiger partial charge in [-0.3, -0.25) is 4.79 Å². The van der Waals surface area contributed by atoms with Crippen LogP contribution >= 0.6 is 0 Å². The van der Waals surface area contributed by atoms with E-state index in [1.807, 2.05) is 5.57 Å². The highest BCUT2D eigenvalue weighted by Crippen LogP contribution is 2.66. The first-order valence-electron chi connectivity index (χ1n) is 14.5. The van der Waals surface area contributed by atoms with Crippen LogP contribution < -0.4 is 0 Å². The molecule has 0 saturated heterocycles. The quantitative estimate of drug-likeness (QED) is 0.283. The van der Waals surface area contributed by atoms with Crippen LogP contribution in [0.15, 0.2) is 11.6 Å². The van der Waals surface area contributed by atoms with Crippen LogP contribution in [-0.2, 0) is 9.53 Å². The number of esters is 1. The van der Waals surface area contributed by atoms with Gasteiger partial charge in [-0.25, -0.2) is 0 Å². The van der Waals surface area contributed by atoms with E-state index in [2.05, 4.69) is 47.6 Å². The van der Waals surface area contributed by atoms with Crippen LogP contribution in [0.5, 0.6) is 0 Å². The summed E-state index contributed by atoms with van der Waals surface area (Å²) in [5.74, 6) is 5.68. The third-order valence-electron chi connectivity index (χ3n) is 11.6. The van der Waals surface area contributed by atoms with Crippen LogP contribution in [0.3, 0.4) is 0 Å². The number of hydrogen-bond acceptors (Lipinski definition) is 2. The summed E-state index contributed by atoms with van der Waals surface area (Å²) in [6.07, 6.45) is 17.3. The Kier molecular flexibility index (Phi) is 7.43. The second kappa shape index (κ2) is 9.69. The molecule has 2 heteroatoms. The maximum absolute atomic E-state index is 11.5. The molecule has 33 heavy (non-hydrogen) atoms. The summed E-state index contributed by atoms with van der Waals surface area (Å²) in [6.45, 7) is 16.6. The van der Waals surface area contributed by atoms with Crippen molar-refractivity contribution in [3.05, 3.63) is 11.6 Å². The Bertz CT molecular complexity index is 737. The highest BCUT2D eigenvalue weighted by atomic mass is 16.5. The fourth-order valence-corrected chi connectivity index (χ4v) is 9.47. The van der Waals surface area contributed by atoms with Gasteiger partial charge < -0.3 is 4.74 Å². The molecule has 0 aromatic heterocycles. The van der Waals surface area contributed by atoms with Crippen molar-refractivity contribution < 1.29 is 9.53 Å². The van der Waals surface area contributed by atoms with E-state index < -0.39 is 0 Å². The van der Waals surface area contributed by atoms with E-state index in [-0.39, 0.29) is 12.1 Å². The van der Waals surface area contributed by atoms with E-state index in [0.29, 0.717) is 10.8 Å². The zero-order valence-corrected chi connectivity index (χ0v) is 22.8. The van der Waals surface area contributed by atoms with Crippen molar-refractivity contribution in [3.8, 4) is 0 Å². The first-order valence-corrected chi connectivity index (χ1v) is 14.5. The molecule has 0 aromatic carbocycles. The summed E-state index contributed by atoms with van der Waals surface area (Å²) in [5.41, 5.74) is 2.75. The monoisotopic (exact) mass is 456 g/mol. The molecule has 0 N–H and O–H groups in total. The summed E-state index contributed by atoms with van der Waals surface area (Å²) in [4.78, 5) is 11.5. The Balaban J connectivity index is 1.43. The van der Waals surface area contributed by atoms with Gasteiger partial charge in [-0.2, -0.15) is 0 Å². The van der Waals surface area contributed by atoms with E-state index in [1.165, 1.54) is 57.8 Å². The van der Waals surface area contributed by atoms with Crippen LogP contribution in [0.4, 0.5) is 0 Å². The molecular formula is C31H52O2. The standard InChI is InChI=1S/C31H52O2/c1-8-23(20(2)3)10-9-21(4)27-13-14-28-26-12-11-24-19-25(33-22(5)32)15-17-30(24,6)29(26)16-18-31(27,28)7/h14,20-21,23-27,29H,8-13,15-19H2,1-7H3/t21-,23?,24?,25-,26?,27?,29?,30-,31+/m0/s1. The Hall–Kier alpha value is -0.790. The second-order valence-corrected chi connectivity index (χ2v) is 13.4. The largest absolute Gasteiger partial charge is 0.463 e. The molecular weight excluding hydrogens is 404 g/mol. The molecule has 0 spiro atoms. The van der Waals surface area contributed by atoms with Gasteiger partial charge in [-0.1, -0.05) is 66.0 Å². The van der Waals surface area contributed by atoms with Crippen LogP contribution in [0.2, 0.25) is 0 Å². The minimum atomic E-state index is -0.0966. The molecule has 0 aromatic rings. The highest BCUT2D eigenvalue weighted by molar-refractivity contribution is 5.66. The fourth-order valence-electron chi connectivity index (χ4n) is 9.47. The minimum absolute atomic E-state index is 0.0966. The van der Waals surface area contributed by atoms with E-state index in [4.69, 9.17) is 4.74 Å². The number of carbonyl (C=O) groups is 1. The van der Waals surface area contributed by atoms with Gasteiger partial charge >= 0.3 is 5.97 Å². The van der Waals surface area contributed by atoms with Crippen LogP contribution in [-0.4, -0.2) is 12.1 Å². The van der Waals surface area contributed by atoms with E-state index in [9.17, 15) is 4.79 Å². The van der Waals surface area contributed by atoms with Crippen LogP contribution in [0, 0.1) is 52.3 Å². The highest BCUT2D eigenvalue weighted by Gasteiger charge is 2.58. The lowest BCUT2D eigenvalue weighted by Crippen LogP contribution is -2.52. The minimum Gasteiger partial charge on any atom is -0.463 e. The molecule has 0 heterocycles. The number of fused-ring (bicyclic) bond motifs is 5. The van der Waals surface area contributed by atoms with Crippen LogP contribution in [0.1, 0.15) is 119 Å². The van der Waals surface area contributed by atoms with Gasteiger partial charge in [0, 0.05) is 6.92 Å². The number of allylic oxidation sites excluding steroid dienone is 2. The fraction of sp³-hybridized carbons (Fsp3) is 0.903. The van der Waals surface area contributed by atoms with Gasteiger partial charge in [0.25, 0.3) is 0 Å². The van der Waals surface area contributed by atoms with E-state index >= 15 is 0 Å². The molecule has 0 bridgehead atoms. The van der Waals surface area contributed by atoms with Crippen molar-refractivity contribution in [2.45, 2.75) is 125 Å². The van der Waals surface area contributed by atoms with Crippen LogP contribution in [0.25, 0.3) is 0 Å². The predicted molar refractivity (Wildman–Crippen MR) is 138 cm³/mol. The molecule has 0 radical (unpaired) electrons. The Morgan fingerprint density at radius 3 is 2.52 bits per heavy atom. The maximum atomic E-state index is 11.5. The zero-order chi connectivity index (χ0) is 24.0. The molecule has 188 valence electrons. The third kappa shape index (κ3) is 4.58. The lowest BCUT2D eigenvalue weighted by Gasteiger charge is -2.60. The summed E-state index contributed by atoms with van der Waals surface area (Å²) in [5, 5.41) is 0. The molecule has 3 fully saturated rings. The maximum Gasteiger partial charge on any atom is 0.302 e. The van der Waals surface area contributed by atoms with Gasteiger partial charge in [0.15, 0.2) is 0 Å². The molecule has 5 unspecified atom stereocenters. The van der Waals surface area contributed by atoms with Crippen molar-refractivity contribution >= 4 is 5.97 Å². The molecule has 4 aliphatic rings. The summed E-state index contributed by atoms with van der Waals surface area (Å²) in [7, 11) is 0. The molecule has 4 rings (SSSR count). The Morgan fingerprint density at radius 1 is 1.09 bits per heavy atom. The molecule has 9 atom stereocenters. The second-order valence-electron chi connectivity index (χ2n) is 13.4. The first-order chi connectivity index (χ1) is 15.6. The average Bonchev–Trinajstić information content (AvgIpc) is 3.11. The zero-order valence-electron chi connectivity index (χ0n) is 22.8. The third-order valence-corrected chi connectivity index (χ3v) is 11.6. The van der Waals surface area contributed by atoms with Crippen molar-refractivity contribution in [2.75, 3.05) is 0 Å². The number of ether oxygens (including phenoxy) is 1.